The summed E-state index contributed by atoms with van der Waals surface area (Å²) >= 11 is 11.7. The smallest absolute Gasteiger partial charge is 0.242 e. The number of nitrogen functional groups attached to an aromatic ring is 1. The van der Waals surface area contributed by atoms with E-state index in [0.29, 0.717) is 0 Å². The van der Waals surface area contributed by atoms with Crippen molar-refractivity contribution in [1.82, 2.24) is 4.72 Å². The molecule has 1 aromatic rings. The molecular weight excluding hydrogens is 311 g/mol. The van der Waals surface area contributed by atoms with Crippen LogP contribution in [0.1, 0.15) is 13.8 Å². The van der Waals surface area contributed by atoms with Crippen molar-refractivity contribution < 1.29 is 13.2 Å². The van der Waals surface area contributed by atoms with Gasteiger partial charge in [-0.05, 0) is 26.0 Å². The highest BCUT2D eigenvalue weighted by atomic mass is 35.5. The summed E-state index contributed by atoms with van der Waals surface area (Å²) in [5.74, 6) is 0. The molecule has 108 valence electrons. The van der Waals surface area contributed by atoms with Crippen molar-refractivity contribution in [3.8, 4) is 0 Å². The highest BCUT2D eigenvalue weighted by Crippen LogP contribution is 2.33. The molecule has 0 aliphatic carbocycles. The first-order valence-electron chi connectivity index (χ1n) is 5.37. The zero-order valence-electron chi connectivity index (χ0n) is 10.8. The van der Waals surface area contributed by atoms with E-state index in [4.69, 9.17) is 33.7 Å². The largest absolute Gasteiger partial charge is 0.396 e. The summed E-state index contributed by atoms with van der Waals surface area (Å²) in [5, 5.41) is 0.119. The van der Waals surface area contributed by atoms with Gasteiger partial charge in [-0.15, -0.1) is 0 Å². The molecular formula is C11H16Cl2N2O3S. The first-order valence-corrected chi connectivity index (χ1v) is 7.61. The Labute approximate surface area is 123 Å². The molecule has 0 heterocycles. The van der Waals surface area contributed by atoms with Crippen LogP contribution in [-0.2, 0) is 14.8 Å². The maximum Gasteiger partial charge on any atom is 0.242 e. The number of anilines is 1. The highest BCUT2D eigenvalue weighted by molar-refractivity contribution is 7.89. The second-order valence-corrected chi connectivity index (χ2v) is 7.13. The van der Waals surface area contributed by atoms with Crippen molar-refractivity contribution in [2.45, 2.75) is 24.3 Å². The van der Waals surface area contributed by atoms with Crippen molar-refractivity contribution in [3.63, 3.8) is 0 Å². The number of sulfonamides is 1. The Kier molecular flexibility index (Phi) is 5.08. The molecule has 0 aromatic heterocycles. The topological polar surface area (TPSA) is 81.4 Å². The zero-order chi connectivity index (χ0) is 14.8. The third-order valence-corrected chi connectivity index (χ3v) is 4.89. The van der Waals surface area contributed by atoms with Crippen LogP contribution >= 0.6 is 23.2 Å². The summed E-state index contributed by atoms with van der Waals surface area (Å²) in [6.45, 7) is 3.61. The van der Waals surface area contributed by atoms with Gasteiger partial charge >= 0.3 is 0 Å². The molecule has 0 radical (unpaired) electrons. The van der Waals surface area contributed by atoms with Crippen LogP contribution in [0.4, 0.5) is 5.69 Å². The molecule has 0 fully saturated rings. The molecule has 0 atom stereocenters. The number of nitrogens with two attached hydrogens (primary N) is 1. The van der Waals surface area contributed by atoms with Gasteiger partial charge in [0.1, 0.15) is 4.90 Å². The van der Waals surface area contributed by atoms with E-state index in [-0.39, 0.29) is 27.2 Å². The molecule has 19 heavy (non-hydrogen) atoms. The van der Waals surface area contributed by atoms with Crippen LogP contribution in [0, 0.1) is 0 Å². The zero-order valence-corrected chi connectivity index (χ0v) is 13.2. The Morgan fingerprint density at radius 3 is 2.47 bits per heavy atom. The molecule has 5 nitrogen and oxygen atoms in total. The van der Waals surface area contributed by atoms with Gasteiger partial charge in [-0.25, -0.2) is 13.1 Å². The molecule has 0 bridgehead atoms. The lowest BCUT2D eigenvalue weighted by Crippen LogP contribution is -2.46. The molecule has 0 aliphatic rings. The number of hydrogen-bond donors (Lipinski definition) is 2. The number of halogens is 2. The number of benzene rings is 1. The molecule has 0 unspecified atom stereocenters. The molecule has 0 aliphatic heterocycles. The van der Waals surface area contributed by atoms with Crippen LogP contribution in [0.25, 0.3) is 0 Å². The van der Waals surface area contributed by atoms with Gasteiger partial charge in [0.2, 0.25) is 10.0 Å². The van der Waals surface area contributed by atoms with Crippen LogP contribution in [0.2, 0.25) is 10.0 Å². The third kappa shape index (κ3) is 3.97. The molecule has 3 N–H and O–H groups in total. The summed E-state index contributed by atoms with van der Waals surface area (Å²) in [4.78, 5) is -0.111. The Morgan fingerprint density at radius 2 is 1.95 bits per heavy atom. The predicted octanol–water partition coefficient (Wildman–Crippen LogP) is 2.28. The first-order chi connectivity index (χ1) is 8.60. The van der Waals surface area contributed by atoms with Crippen LogP contribution in [0.15, 0.2) is 17.0 Å². The minimum Gasteiger partial charge on any atom is -0.396 e. The minimum absolute atomic E-state index is 0.0377. The van der Waals surface area contributed by atoms with Gasteiger partial charge in [0.05, 0.1) is 27.9 Å². The van der Waals surface area contributed by atoms with Crippen molar-refractivity contribution in [2.24, 2.45) is 0 Å². The van der Waals surface area contributed by atoms with Crippen LogP contribution in [0.5, 0.6) is 0 Å². The summed E-state index contributed by atoms with van der Waals surface area (Å²) in [6.07, 6.45) is 0. The van der Waals surface area contributed by atoms with Crippen molar-refractivity contribution in [1.29, 1.82) is 0 Å². The fourth-order valence-corrected chi connectivity index (χ4v) is 3.73. The first kappa shape index (κ1) is 16.5. The van der Waals surface area contributed by atoms with E-state index in [1.54, 1.807) is 13.8 Å². The van der Waals surface area contributed by atoms with Crippen LogP contribution in [0.3, 0.4) is 0 Å². The van der Waals surface area contributed by atoms with Gasteiger partial charge in [-0.3, -0.25) is 0 Å². The molecule has 0 spiro atoms. The lowest BCUT2D eigenvalue weighted by molar-refractivity contribution is 0.141. The van der Waals surface area contributed by atoms with Gasteiger partial charge in [0.25, 0.3) is 0 Å². The van der Waals surface area contributed by atoms with E-state index < -0.39 is 15.6 Å². The van der Waals surface area contributed by atoms with E-state index in [2.05, 4.69) is 4.72 Å². The molecule has 1 rings (SSSR count). The fraction of sp³-hybridized carbons (Fsp3) is 0.455. The molecule has 0 amide bonds. The van der Waals surface area contributed by atoms with Gasteiger partial charge in [-0.2, -0.15) is 0 Å². The fourth-order valence-electron chi connectivity index (χ4n) is 1.57. The summed E-state index contributed by atoms with van der Waals surface area (Å²) in [5.41, 5.74) is 4.89. The van der Waals surface area contributed by atoms with Crippen LogP contribution in [-0.4, -0.2) is 27.7 Å². The average molecular weight is 327 g/mol. The van der Waals surface area contributed by atoms with E-state index in [1.807, 2.05) is 0 Å². The molecule has 8 heteroatoms. The van der Waals surface area contributed by atoms with E-state index in [0.717, 1.165) is 0 Å². The number of rotatable bonds is 5. The number of nitrogens with one attached hydrogen (secondary N) is 1. The Hall–Kier alpha value is -0.530. The number of hydrogen-bond acceptors (Lipinski definition) is 4. The molecule has 1 aromatic carbocycles. The highest BCUT2D eigenvalue weighted by Gasteiger charge is 2.28. The van der Waals surface area contributed by atoms with Crippen molar-refractivity contribution in [2.75, 3.05) is 19.5 Å². The SMILES string of the molecule is COCC(C)(C)NS(=O)(=O)c1ccc(Cl)c(N)c1Cl. The summed E-state index contributed by atoms with van der Waals surface area (Å²) in [6, 6.07) is 2.70. The lowest BCUT2D eigenvalue weighted by atomic mass is 10.1. The quantitative estimate of drug-likeness (QED) is 0.813. The maximum atomic E-state index is 12.3. The monoisotopic (exact) mass is 326 g/mol. The van der Waals surface area contributed by atoms with Gasteiger partial charge in [-0.1, -0.05) is 23.2 Å². The second kappa shape index (κ2) is 5.85. The van der Waals surface area contributed by atoms with Gasteiger partial charge < -0.3 is 10.5 Å². The maximum absolute atomic E-state index is 12.3. The minimum atomic E-state index is -3.81. The summed E-state index contributed by atoms with van der Waals surface area (Å²) < 4.78 is 32.0. The van der Waals surface area contributed by atoms with E-state index in [9.17, 15) is 8.42 Å². The molecule has 0 saturated carbocycles. The Bertz CT molecular complexity index is 574. The molecule has 0 saturated heterocycles. The standard InChI is InChI=1S/C11H16Cl2N2O3S/c1-11(2,6-18-3)15-19(16,17)8-5-4-7(12)10(14)9(8)13/h4-5,15H,6,14H2,1-3H3. The van der Waals surface area contributed by atoms with Gasteiger partial charge in [0.15, 0.2) is 0 Å². The average Bonchev–Trinajstić information content (AvgIpc) is 2.23. The Balaban J connectivity index is 3.19. The third-order valence-electron chi connectivity index (χ3n) is 2.30. The van der Waals surface area contributed by atoms with Crippen molar-refractivity contribution >= 4 is 38.9 Å². The van der Waals surface area contributed by atoms with Gasteiger partial charge in [0, 0.05) is 7.11 Å². The van der Waals surface area contributed by atoms with Crippen LogP contribution < -0.4 is 10.5 Å². The number of ether oxygens (including phenoxy) is 1. The summed E-state index contributed by atoms with van der Waals surface area (Å²) in [7, 11) is -2.32. The van der Waals surface area contributed by atoms with E-state index >= 15 is 0 Å². The number of methoxy groups -OCH3 is 1. The Morgan fingerprint density at radius 1 is 1.37 bits per heavy atom. The van der Waals surface area contributed by atoms with E-state index in [1.165, 1.54) is 19.2 Å². The van der Waals surface area contributed by atoms with Crippen molar-refractivity contribution in [3.05, 3.63) is 22.2 Å². The predicted molar refractivity (Wildman–Crippen MR) is 77.2 cm³/mol. The second-order valence-electron chi connectivity index (χ2n) is 4.70. The normalized spacial score (nSPS) is 12.7. The lowest BCUT2D eigenvalue weighted by Gasteiger charge is -2.25.